The number of carbonyl (C=O) groups is 2. The number of nitro benzene ring substituents is 1. The minimum absolute atomic E-state index is 0.0698. The van der Waals surface area contributed by atoms with E-state index in [1.54, 1.807) is 6.07 Å². The number of non-ortho nitro benzene ring substituents is 1. The molecular weight excluding hydrogens is 288 g/mol. The summed E-state index contributed by atoms with van der Waals surface area (Å²) in [5.41, 5.74) is 2.53. The molecule has 1 aromatic carbocycles. The second-order valence-electron chi connectivity index (χ2n) is 4.90. The summed E-state index contributed by atoms with van der Waals surface area (Å²) in [5, 5.41) is 14.3. The van der Waals surface area contributed by atoms with E-state index in [0.29, 0.717) is 18.7 Å². The summed E-state index contributed by atoms with van der Waals surface area (Å²) in [6.07, 6.45) is 4.12. The van der Waals surface area contributed by atoms with Crippen molar-refractivity contribution in [3.05, 3.63) is 39.9 Å². The number of hydrogen-bond acceptors (Lipinski definition) is 5. The third-order valence-electron chi connectivity index (χ3n) is 3.30. The van der Waals surface area contributed by atoms with Gasteiger partial charge in [-0.3, -0.25) is 19.7 Å². The molecule has 0 spiro atoms. The molecule has 8 heteroatoms. The minimum atomic E-state index is -0.802. The van der Waals surface area contributed by atoms with Gasteiger partial charge in [-0.25, -0.2) is 5.43 Å². The molecule has 0 bridgehead atoms. The van der Waals surface area contributed by atoms with Gasteiger partial charge >= 0.3 is 11.8 Å². The van der Waals surface area contributed by atoms with Crippen molar-refractivity contribution < 1.29 is 14.5 Å². The highest BCUT2D eigenvalue weighted by atomic mass is 16.6. The molecule has 22 heavy (non-hydrogen) atoms. The Morgan fingerprint density at radius 2 is 2.00 bits per heavy atom. The molecule has 0 unspecified atom stereocenters. The molecule has 1 aromatic rings. The van der Waals surface area contributed by atoms with E-state index in [4.69, 9.17) is 0 Å². The molecule has 0 aromatic heterocycles. The number of nitrogens with zero attached hydrogens (tertiary/aromatic N) is 3. The van der Waals surface area contributed by atoms with E-state index >= 15 is 0 Å². The van der Waals surface area contributed by atoms with Crippen molar-refractivity contribution in [1.29, 1.82) is 0 Å². The minimum Gasteiger partial charge on any atom is -0.334 e. The largest absolute Gasteiger partial charge is 0.334 e. The zero-order chi connectivity index (χ0) is 15.9. The summed E-state index contributed by atoms with van der Waals surface area (Å²) in [4.78, 5) is 35.1. The molecular formula is C14H16N4O4. The SMILES string of the molecule is O=C(N/N=C\c1cccc([N+](=O)[O-])c1)C(=O)N1CCCCC1. The number of amides is 2. The smallest absolute Gasteiger partial charge is 0.329 e. The van der Waals surface area contributed by atoms with Gasteiger partial charge in [0.05, 0.1) is 11.1 Å². The van der Waals surface area contributed by atoms with Crippen LogP contribution in [0.25, 0.3) is 0 Å². The van der Waals surface area contributed by atoms with Gasteiger partial charge in [-0.2, -0.15) is 5.10 Å². The van der Waals surface area contributed by atoms with E-state index in [1.807, 2.05) is 0 Å². The van der Waals surface area contributed by atoms with Crippen LogP contribution in [0.2, 0.25) is 0 Å². The standard InChI is InChI=1S/C14H16N4O4/c19-13(14(20)17-7-2-1-3-8-17)16-15-10-11-5-4-6-12(9-11)18(21)22/h4-6,9-10H,1-3,7-8H2,(H,16,19)/b15-10-. The number of nitro groups is 1. The predicted octanol–water partition coefficient (Wildman–Crippen LogP) is 1.06. The lowest BCUT2D eigenvalue weighted by molar-refractivity contribution is -0.384. The second-order valence-corrected chi connectivity index (χ2v) is 4.90. The molecule has 0 radical (unpaired) electrons. The first-order valence-corrected chi connectivity index (χ1v) is 6.94. The van der Waals surface area contributed by atoms with Crippen molar-refractivity contribution in [2.24, 2.45) is 5.10 Å². The fourth-order valence-corrected chi connectivity index (χ4v) is 2.17. The van der Waals surface area contributed by atoms with Crippen molar-refractivity contribution in [3.63, 3.8) is 0 Å². The van der Waals surface area contributed by atoms with Gasteiger partial charge in [-0.1, -0.05) is 12.1 Å². The number of rotatable bonds is 3. The van der Waals surface area contributed by atoms with Crippen LogP contribution in [0, 0.1) is 10.1 Å². The third-order valence-corrected chi connectivity index (χ3v) is 3.30. The molecule has 1 aliphatic heterocycles. The fraction of sp³-hybridized carbons (Fsp3) is 0.357. The highest BCUT2D eigenvalue weighted by Crippen LogP contribution is 2.11. The summed E-state index contributed by atoms with van der Waals surface area (Å²) in [7, 11) is 0. The predicted molar refractivity (Wildman–Crippen MR) is 79.3 cm³/mol. The molecule has 2 rings (SSSR count). The van der Waals surface area contributed by atoms with E-state index in [0.717, 1.165) is 19.3 Å². The first-order chi connectivity index (χ1) is 10.6. The summed E-state index contributed by atoms with van der Waals surface area (Å²) < 4.78 is 0. The van der Waals surface area contributed by atoms with Crippen LogP contribution in [-0.4, -0.2) is 40.9 Å². The molecule has 116 valence electrons. The molecule has 1 saturated heterocycles. The van der Waals surface area contributed by atoms with E-state index in [1.165, 1.54) is 29.3 Å². The lowest BCUT2D eigenvalue weighted by Gasteiger charge is -2.25. The maximum absolute atomic E-state index is 11.8. The number of piperidine rings is 1. The summed E-state index contributed by atoms with van der Waals surface area (Å²) in [5.74, 6) is -1.40. The zero-order valence-electron chi connectivity index (χ0n) is 11.9. The molecule has 1 heterocycles. The van der Waals surface area contributed by atoms with E-state index in [2.05, 4.69) is 10.5 Å². The second kappa shape index (κ2) is 7.30. The van der Waals surface area contributed by atoms with Crippen LogP contribution in [0.3, 0.4) is 0 Å². The maximum Gasteiger partial charge on any atom is 0.329 e. The Labute approximate surface area is 126 Å². The number of carbonyl (C=O) groups excluding carboxylic acids is 2. The van der Waals surface area contributed by atoms with Gasteiger partial charge in [0.15, 0.2) is 0 Å². The number of nitrogens with one attached hydrogen (secondary N) is 1. The van der Waals surface area contributed by atoms with Crippen LogP contribution in [0.5, 0.6) is 0 Å². The molecule has 0 atom stereocenters. The quantitative estimate of drug-likeness (QED) is 0.390. The van der Waals surface area contributed by atoms with Crippen LogP contribution in [0.4, 0.5) is 5.69 Å². The lowest BCUT2D eigenvalue weighted by Crippen LogP contribution is -2.43. The van der Waals surface area contributed by atoms with Crippen molar-refractivity contribution >= 4 is 23.7 Å². The molecule has 1 N–H and O–H groups in total. The van der Waals surface area contributed by atoms with Gasteiger partial charge in [0, 0.05) is 30.8 Å². The zero-order valence-corrected chi connectivity index (χ0v) is 11.9. The molecule has 8 nitrogen and oxygen atoms in total. The number of benzene rings is 1. The molecule has 1 fully saturated rings. The highest BCUT2D eigenvalue weighted by molar-refractivity contribution is 6.35. The van der Waals surface area contributed by atoms with Gasteiger partial charge in [0.1, 0.15) is 0 Å². The Morgan fingerprint density at radius 3 is 2.68 bits per heavy atom. The van der Waals surface area contributed by atoms with E-state index < -0.39 is 16.7 Å². The monoisotopic (exact) mass is 304 g/mol. The lowest BCUT2D eigenvalue weighted by atomic mass is 10.1. The van der Waals surface area contributed by atoms with Gasteiger partial charge in [-0.15, -0.1) is 0 Å². The Hall–Kier alpha value is -2.77. The van der Waals surface area contributed by atoms with Gasteiger partial charge in [0.25, 0.3) is 5.69 Å². The van der Waals surface area contributed by atoms with Gasteiger partial charge in [0.2, 0.25) is 0 Å². The Balaban J connectivity index is 1.91. The van der Waals surface area contributed by atoms with Crippen molar-refractivity contribution in [1.82, 2.24) is 10.3 Å². The normalized spacial score (nSPS) is 14.8. The average Bonchev–Trinajstić information content (AvgIpc) is 2.55. The number of likely N-dealkylation sites (tertiary alicyclic amines) is 1. The summed E-state index contributed by atoms with van der Waals surface area (Å²) in [6.45, 7) is 1.17. The van der Waals surface area contributed by atoms with Crippen molar-refractivity contribution in [2.75, 3.05) is 13.1 Å². The third kappa shape index (κ3) is 4.11. The van der Waals surface area contributed by atoms with Crippen molar-refractivity contribution in [3.8, 4) is 0 Å². The van der Waals surface area contributed by atoms with E-state index in [-0.39, 0.29) is 5.69 Å². The summed E-state index contributed by atoms with van der Waals surface area (Å²) in [6, 6.07) is 5.80. The average molecular weight is 304 g/mol. The van der Waals surface area contributed by atoms with Crippen LogP contribution in [-0.2, 0) is 9.59 Å². The Morgan fingerprint density at radius 1 is 1.27 bits per heavy atom. The van der Waals surface area contributed by atoms with Gasteiger partial charge < -0.3 is 4.90 Å². The number of hydrogen-bond donors (Lipinski definition) is 1. The van der Waals surface area contributed by atoms with E-state index in [9.17, 15) is 19.7 Å². The molecule has 2 amide bonds. The van der Waals surface area contributed by atoms with Crippen LogP contribution >= 0.6 is 0 Å². The highest BCUT2D eigenvalue weighted by Gasteiger charge is 2.22. The molecule has 0 saturated carbocycles. The topological polar surface area (TPSA) is 105 Å². The van der Waals surface area contributed by atoms with Gasteiger partial charge in [-0.05, 0) is 19.3 Å². The van der Waals surface area contributed by atoms with Crippen molar-refractivity contribution in [2.45, 2.75) is 19.3 Å². The molecule has 0 aliphatic carbocycles. The summed E-state index contributed by atoms with van der Waals surface area (Å²) >= 11 is 0. The Kier molecular flexibility index (Phi) is 5.18. The first-order valence-electron chi connectivity index (χ1n) is 6.94. The fourth-order valence-electron chi connectivity index (χ4n) is 2.17. The molecule has 1 aliphatic rings. The first kappa shape index (κ1) is 15.6. The maximum atomic E-state index is 11.8. The van der Waals surface area contributed by atoms with Crippen LogP contribution < -0.4 is 5.43 Å². The Bertz CT molecular complexity index is 609. The van der Waals surface area contributed by atoms with Crippen LogP contribution in [0.1, 0.15) is 24.8 Å². The number of hydrazone groups is 1. The van der Waals surface area contributed by atoms with Crippen LogP contribution in [0.15, 0.2) is 29.4 Å².